The number of rotatable bonds is 5. The normalized spacial score (nSPS) is 22.5. The quantitative estimate of drug-likeness (QED) is 0.382. The van der Waals surface area contributed by atoms with Crippen LogP contribution in [0.1, 0.15) is 52.0 Å². The molecular formula is C33H35ClFN3O4. The van der Waals surface area contributed by atoms with Gasteiger partial charge in [-0.05, 0) is 85.5 Å². The molecule has 2 atom stereocenters. The largest absolute Gasteiger partial charge is 0.495 e. The highest BCUT2D eigenvalue weighted by atomic mass is 35.5. The molecule has 1 aliphatic carbocycles. The van der Waals surface area contributed by atoms with E-state index in [0.29, 0.717) is 29.6 Å². The second-order valence-corrected chi connectivity index (χ2v) is 12.0. The summed E-state index contributed by atoms with van der Waals surface area (Å²) in [5.74, 6) is -0.932. The Morgan fingerprint density at radius 2 is 1.86 bits per heavy atom. The molecule has 1 saturated heterocycles. The van der Waals surface area contributed by atoms with Crippen molar-refractivity contribution in [3.8, 4) is 5.75 Å². The molecule has 1 N–H and O–H groups in total. The fourth-order valence-electron chi connectivity index (χ4n) is 6.86. The molecule has 1 saturated carbocycles. The molecule has 9 heteroatoms. The van der Waals surface area contributed by atoms with Gasteiger partial charge in [0, 0.05) is 36.9 Å². The number of fused-ring (bicyclic) bond motifs is 1. The van der Waals surface area contributed by atoms with E-state index in [1.165, 1.54) is 31.2 Å². The van der Waals surface area contributed by atoms with Crippen LogP contribution in [0.25, 0.3) is 0 Å². The number of carbonyl (C=O) groups excluding carboxylic acids is 2. The van der Waals surface area contributed by atoms with E-state index < -0.39 is 11.7 Å². The molecule has 0 aromatic heterocycles. The van der Waals surface area contributed by atoms with E-state index in [2.05, 4.69) is 22.3 Å². The molecule has 2 aliphatic heterocycles. The molecule has 6 rings (SSSR count). The van der Waals surface area contributed by atoms with E-state index in [-0.39, 0.29) is 21.9 Å². The first-order valence-corrected chi connectivity index (χ1v) is 14.9. The van der Waals surface area contributed by atoms with E-state index >= 15 is 0 Å². The van der Waals surface area contributed by atoms with E-state index in [4.69, 9.17) is 21.1 Å². The Morgan fingerprint density at radius 1 is 1.05 bits per heavy atom. The summed E-state index contributed by atoms with van der Waals surface area (Å²) < 4.78 is 24.9. The molecule has 0 radical (unpaired) electrons. The van der Waals surface area contributed by atoms with Gasteiger partial charge in [0.15, 0.2) is 0 Å². The highest BCUT2D eigenvalue weighted by molar-refractivity contribution is 6.34. The molecule has 3 aromatic carbocycles. The third-order valence-electron chi connectivity index (χ3n) is 9.07. The lowest BCUT2D eigenvalue weighted by Crippen LogP contribution is -2.43. The van der Waals surface area contributed by atoms with Gasteiger partial charge in [0.2, 0.25) is 0 Å². The van der Waals surface area contributed by atoms with Crippen LogP contribution in [-0.2, 0) is 11.2 Å². The molecule has 42 heavy (non-hydrogen) atoms. The summed E-state index contributed by atoms with van der Waals surface area (Å²) in [6.45, 7) is 4.23. The summed E-state index contributed by atoms with van der Waals surface area (Å²) in [7, 11) is 1.48. The van der Waals surface area contributed by atoms with Crippen LogP contribution in [0.3, 0.4) is 0 Å². The van der Waals surface area contributed by atoms with Crippen LogP contribution in [0, 0.1) is 11.2 Å². The van der Waals surface area contributed by atoms with Crippen LogP contribution in [-0.4, -0.2) is 62.7 Å². The van der Waals surface area contributed by atoms with Crippen molar-refractivity contribution in [2.24, 2.45) is 5.41 Å². The Labute approximate surface area is 250 Å². The minimum atomic E-state index is -0.574. The first kappa shape index (κ1) is 28.6. The number of carbonyl (C=O) groups is 2. The minimum absolute atomic E-state index is 0.0109. The number of amides is 2. The Balaban J connectivity index is 1.22. The van der Waals surface area contributed by atoms with Crippen molar-refractivity contribution in [3.63, 3.8) is 0 Å². The zero-order valence-corrected chi connectivity index (χ0v) is 24.5. The summed E-state index contributed by atoms with van der Waals surface area (Å²) >= 11 is 6.11. The van der Waals surface area contributed by atoms with Gasteiger partial charge < -0.3 is 19.7 Å². The molecule has 7 nitrogen and oxygen atoms in total. The number of hydrogen-bond donors (Lipinski definition) is 1. The van der Waals surface area contributed by atoms with Crippen molar-refractivity contribution in [2.75, 3.05) is 50.2 Å². The van der Waals surface area contributed by atoms with Gasteiger partial charge >= 0.3 is 0 Å². The lowest BCUT2D eigenvalue weighted by molar-refractivity contribution is 0.0152. The maximum absolute atomic E-state index is 14.0. The van der Waals surface area contributed by atoms with Gasteiger partial charge in [-0.3, -0.25) is 14.5 Å². The zero-order chi connectivity index (χ0) is 29.3. The number of hydrogen-bond acceptors (Lipinski definition) is 5. The second-order valence-electron chi connectivity index (χ2n) is 11.6. The Morgan fingerprint density at radius 3 is 2.67 bits per heavy atom. The number of benzene rings is 3. The molecule has 2 amide bonds. The van der Waals surface area contributed by atoms with Crippen molar-refractivity contribution < 1.29 is 23.5 Å². The van der Waals surface area contributed by atoms with Gasteiger partial charge in [-0.15, -0.1) is 0 Å². The predicted molar refractivity (Wildman–Crippen MR) is 161 cm³/mol. The third-order valence-corrected chi connectivity index (χ3v) is 9.40. The van der Waals surface area contributed by atoms with Crippen molar-refractivity contribution >= 4 is 34.8 Å². The maximum Gasteiger partial charge on any atom is 0.258 e. The first-order valence-electron chi connectivity index (χ1n) is 14.5. The summed E-state index contributed by atoms with van der Waals surface area (Å²) in [6.07, 6.45) is 5.38. The van der Waals surface area contributed by atoms with E-state index in [9.17, 15) is 14.0 Å². The van der Waals surface area contributed by atoms with E-state index in [1.54, 1.807) is 18.2 Å². The maximum atomic E-state index is 14.0. The molecule has 1 unspecified atom stereocenters. The summed E-state index contributed by atoms with van der Waals surface area (Å²) in [6, 6.07) is 17.4. The van der Waals surface area contributed by atoms with Gasteiger partial charge in [-0.25, -0.2) is 4.39 Å². The molecule has 220 valence electrons. The van der Waals surface area contributed by atoms with Gasteiger partial charge in [0.1, 0.15) is 11.6 Å². The van der Waals surface area contributed by atoms with Crippen molar-refractivity contribution in [1.82, 2.24) is 4.90 Å². The van der Waals surface area contributed by atoms with Crippen molar-refractivity contribution in [3.05, 3.63) is 88.2 Å². The number of nitrogens with one attached hydrogen (secondary N) is 1. The molecule has 3 aromatic rings. The smallest absolute Gasteiger partial charge is 0.258 e. The lowest BCUT2D eigenvalue weighted by Gasteiger charge is -2.34. The number of ether oxygens (including phenoxy) is 2. The third kappa shape index (κ3) is 5.76. The van der Waals surface area contributed by atoms with Crippen molar-refractivity contribution in [1.29, 1.82) is 0 Å². The van der Waals surface area contributed by atoms with E-state index in [1.807, 2.05) is 17.0 Å². The zero-order valence-electron chi connectivity index (χ0n) is 23.7. The fraction of sp³-hybridized carbons (Fsp3) is 0.394. The first-order chi connectivity index (χ1) is 20.4. The summed E-state index contributed by atoms with van der Waals surface area (Å²) in [4.78, 5) is 31.4. The SMILES string of the molecule is COc1cc(C(=O)N2CC[C@@]3(CCC(N4CCOCC4)C3)Cc3ccccc32)ccc1NC(=O)c1cc(F)ccc1Cl. The number of morpholine rings is 1. The molecule has 1 spiro atoms. The average molecular weight is 592 g/mol. The molecule has 2 fully saturated rings. The molecule has 0 bridgehead atoms. The lowest BCUT2D eigenvalue weighted by atomic mass is 9.77. The molecule has 2 heterocycles. The van der Waals surface area contributed by atoms with Gasteiger partial charge in [-0.2, -0.15) is 0 Å². The topological polar surface area (TPSA) is 71.1 Å². The summed E-state index contributed by atoms with van der Waals surface area (Å²) in [5, 5.41) is 2.86. The highest BCUT2D eigenvalue weighted by Crippen LogP contribution is 2.49. The number of halogens is 2. The van der Waals surface area contributed by atoms with Crippen LogP contribution >= 0.6 is 11.6 Å². The molecule has 3 aliphatic rings. The number of methoxy groups -OCH3 is 1. The summed E-state index contributed by atoms with van der Waals surface area (Å²) in [5.41, 5.74) is 3.14. The average Bonchev–Trinajstić information content (AvgIpc) is 3.35. The monoisotopic (exact) mass is 591 g/mol. The van der Waals surface area contributed by atoms with Crippen LogP contribution in [0.4, 0.5) is 15.8 Å². The standard InChI is InChI=1S/C33H35ClFN3O4/c1-41-30-18-22(6-9-28(30)36-31(39)26-19-24(35)7-8-27(26)34)32(40)38-13-12-33(20-23-4-2-3-5-29(23)38)11-10-25(21-33)37-14-16-42-17-15-37/h2-9,18-19,25H,10-17,20-21H2,1H3,(H,36,39)/t25?,33-/m0/s1. The van der Waals surface area contributed by atoms with Gasteiger partial charge in [0.05, 0.1) is 36.6 Å². The number of para-hydroxylation sites is 1. The molecular weight excluding hydrogens is 557 g/mol. The number of anilines is 2. The number of nitrogens with zero attached hydrogens (tertiary/aromatic N) is 2. The second kappa shape index (κ2) is 12.0. The predicted octanol–water partition coefficient (Wildman–Crippen LogP) is 6.20. The fourth-order valence-corrected chi connectivity index (χ4v) is 7.06. The highest BCUT2D eigenvalue weighted by Gasteiger charge is 2.44. The van der Waals surface area contributed by atoms with Gasteiger partial charge in [-0.1, -0.05) is 29.8 Å². The Bertz CT molecular complexity index is 1490. The van der Waals surface area contributed by atoms with Crippen LogP contribution < -0.4 is 15.0 Å². The minimum Gasteiger partial charge on any atom is -0.495 e. The van der Waals surface area contributed by atoms with Gasteiger partial charge in [0.25, 0.3) is 11.8 Å². The Hall–Kier alpha value is -3.46. The Kier molecular flexibility index (Phi) is 8.21. The van der Waals surface area contributed by atoms with Crippen LogP contribution in [0.15, 0.2) is 60.7 Å². The van der Waals surface area contributed by atoms with Crippen LogP contribution in [0.5, 0.6) is 5.75 Å². The van der Waals surface area contributed by atoms with E-state index in [0.717, 1.165) is 63.7 Å². The van der Waals surface area contributed by atoms with Crippen molar-refractivity contribution in [2.45, 2.75) is 38.1 Å². The van der Waals surface area contributed by atoms with Crippen LogP contribution in [0.2, 0.25) is 5.02 Å².